The lowest BCUT2D eigenvalue weighted by atomic mass is 10.3. The van der Waals surface area contributed by atoms with E-state index in [-0.39, 0.29) is 10.6 Å². The number of anilines is 2. The fourth-order valence-corrected chi connectivity index (χ4v) is 3.92. The van der Waals surface area contributed by atoms with E-state index in [1.807, 2.05) is 11.4 Å². The first kappa shape index (κ1) is 15.3. The van der Waals surface area contributed by atoms with Crippen molar-refractivity contribution >= 4 is 48.7 Å². The van der Waals surface area contributed by atoms with Gasteiger partial charge in [0, 0.05) is 15.0 Å². The van der Waals surface area contributed by atoms with Crippen LogP contribution in [-0.2, 0) is 16.6 Å². The van der Waals surface area contributed by atoms with Crippen LogP contribution in [0.15, 0.2) is 39.0 Å². The molecule has 1 aromatic heterocycles. The van der Waals surface area contributed by atoms with Gasteiger partial charge in [0.15, 0.2) is 0 Å². The van der Waals surface area contributed by atoms with Crippen LogP contribution in [0.5, 0.6) is 0 Å². The molecule has 0 saturated heterocycles. The Labute approximate surface area is 130 Å². The number of halogens is 1. The van der Waals surface area contributed by atoms with Crippen molar-refractivity contribution in [2.24, 2.45) is 0 Å². The van der Waals surface area contributed by atoms with Crippen LogP contribution in [0.2, 0.25) is 0 Å². The summed E-state index contributed by atoms with van der Waals surface area (Å²) >= 11 is 5.10. The summed E-state index contributed by atoms with van der Waals surface area (Å²) in [6.45, 7) is 0.649. The molecular formula is C12H14BrN3O2S2. The van der Waals surface area contributed by atoms with Gasteiger partial charge >= 0.3 is 0 Å². The van der Waals surface area contributed by atoms with Crippen LogP contribution >= 0.6 is 27.3 Å². The van der Waals surface area contributed by atoms with Gasteiger partial charge < -0.3 is 11.1 Å². The van der Waals surface area contributed by atoms with E-state index in [4.69, 9.17) is 5.73 Å². The maximum Gasteiger partial charge on any atom is 0.242 e. The fourth-order valence-electron chi connectivity index (χ4n) is 1.65. The number of sulfonamides is 1. The highest BCUT2D eigenvalue weighted by Gasteiger charge is 2.15. The molecule has 1 heterocycles. The van der Waals surface area contributed by atoms with Crippen molar-refractivity contribution in [3.8, 4) is 0 Å². The molecule has 0 spiro atoms. The third-order valence-electron chi connectivity index (χ3n) is 2.71. The van der Waals surface area contributed by atoms with Crippen molar-refractivity contribution in [3.05, 3.63) is 39.0 Å². The minimum absolute atomic E-state index is 0.0860. The number of nitrogen functional groups attached to an aromatic ring is 1. The van der Waals surface area contributed by atoms with Gasteiger partial charge in [-0.3, -0.25) is 0 Å². The van der Waals surface area contributed by atoms with Gasteiger partial charge in [0.1, 0.15) is 4.90 Å². The molecule has 8 heteroatoms. The maximum atomic E-state index is 11.7. The number of rotatable bonds is 5. The van der Waals surface area contributed by atoms with E-state index < -0.39 is 10.0 Å². The summed E-state index contributed by atoms with van der Waals surface area (Å²) in [5.41, 5.74) is 6.79. The van der Waals surface area contributed by atoms with Crippen molar-refractivity contribution < 1.29 is 8.42 Å². The average molecular weight is 376 g/mol. The van der Waals surface area contributed by atoms with E-state index in [0.29, 0.717) is 6.54 Å². The molecule has 4 N–H and O–H groups in total. The number of thiophene rings is 1. The first-order valence-corrected chi connectivity index (χ1v) is 8.88. The normalized spacial score (nSPS) is 11.5. The molecule has 0 aliphatic rings. The quantitative estimate of drug-likeness (QED) is 0.701. The van der Waals surface area contributed by atoms with Gasteiger partial charge in [0.25, 0.3) is 0 Å². The fraction of sp³-hybridized carbons (Fsp3) is 0.167. The summed E-state index contributed by atoms with van der Waals surface area (Å²) in [4.78, 5) is 1.25. The van der Waals surface area contributed by atoms with Crippen LogP contribution in [0.1, 0.15) is 4.88 Å². The lowest BCUT2D eigenvalue weighted by Crippen LogP contribution is -2.20. The van der Waals surface area contributed by atoms with Crippen LogP contribution in [0.4, 0.5) is 11.4 Å². The van der Waals surface area contributed by atoms with Crippen molar-refractivity contribution in [2.45, 2.75) is 11.4 Å². The molecule has 1 aromatic carbocycles. The van der Waals surface area contributed by atoms with Gasteiger partial charge in [0.05, 0.1) is 12.2 Å². The van der Waals surface area contributed by atoms with E-state index in [1.54, 1.807) is 23.5 Å². The highest BCUT2D eigenvalue weighted by Crippen LogP contribution is 2.26. The molecule has 5 nitrogen and oxygen atoms in total. The number of nitrogens with one attached hydrogen (secondary N) is 2. The molecule has 0 aliphatic carbocycles. The Hall–Kier alpha value is -1.09. The van der Waals surface area contributed by atoms with Gasteiger partial charge in [-0.15, -0.1) is 11.3 Å². The van der Waals surface area contributed by atoms with E-state index >= 15 is 0 Å². The smallest absolute Gasteiger partial charge is 0.242 e. The monoisotopic (exact) mass is 375 g/mol. The molecule has 20 heavy (non-hydrogen) atoms. The van der Waals surface area contributed by atoms with Crippen molar-refractivity contribution in [1.82, 2.24) is 4.72 Å². The molecule has 0 amide bonds. The molecule has 0 saturated carbocycles. The molecule has 0 radical (unpaired) electrons. The number of nitrogens with two attached hydrogens (primary N) is 1. The van der Waals surface area contributed by atoms with Crippen LogP contribution in [0.25, 0.3) is 0 Å². The molecule has 2 rings (SSSR count). The Balaban J connectivity index is 2.16. The van der Waals surface area contributed by atoms with Gasteiger partial charge in [-0.1, -0.05) is 0 Å². The Morgan fingerprint density at radius 1 is 1.35 bits per heavy atom. The summed E-state index contributed by atoms with van der Waals surface area (Å²) in [5.74, 6) is 0. The lowest BCUT2D eigenvalue weighted by Gasteiger charge is -2.10. The van der Waals surface area contributed by atoms with Crippen molar-refractivity contribution in [2.75, 3.05) is 18.1 Å². The highest BCUT2D eigenvalue weighted by atomic mass is 79.9. The van der Waals surface area contributed by atoms with Crippen LogP contribution in [0.3, 0.4) is 0 Å². The molecule has 0 aliphatic heterocycles. The van der Waals surface area contributed by atoms with E-state index in [0.717, 1.165) is 15.0 Å². The number of hydrogen-bond donors (Lipinski definition) is 3. The summed E-state index contributed by atoms with van der Waals surface area (Å²) in [6.07, 6.45) is 0. The zero-order chi connectivity index (χ0) is 14.8. The Kier molecular flexibility index (Phi) is 4.69. The summed E-state index contributed by atoms with van der Waals surface area (Å²) in [5, 5.41) is 5.21. The largest absolute Gasteiger partial charge is 0.398 e. The highest BCUT2D eigenvalue weighted by molar-refractivity contribution is 9.10. The zero-order valence-corrected chi connectivity index (χ0v) is 13.9. The summed E-state index contributed by atoms with van der Waals surface area (Å²) in [7, 11) is -2.16. The third-order valence-corrected chi connectivity index (χ3v) is 6.13. The molecule has 0 fully saturated rings. The van der Waals surface area contributed by atoms with Crippen molar-refractivity contribution in [3.63, 3.8) is 0 Å². The van der Waals surface area contributed by atoms with E-state index in [2.05, 4.69) is 26.0 Å². The minimum Gasteiger partial charge on any atom is -0.398 e. The van der Waals surface area contributed by atoms with Crippen LogP contribution in [-0.4, -0.2) is 15.5 Å². The Bertz CT molecular complexity index is 713. The molecule has 2 aromatic rings. The van der Waals surface area contributed by atoms with Crippen molar-refractivity contribution in [1.29, 1.82) is 0 Å². The van der Waals surface area contributed by atoms with Gasteiger partial charge in [0.2, 0.25) is 10.0 Å². The molecular weight excluding hydrogens is 362 g/mol. The zero-order valence-electron chi connectivity index (χ0n) is 10.7. The van der Waals surface area contributed by atoms with Gasteiger partial charge in [-0.05, 0) is 52.6 Å². The second-order valence-corrected chi connectivity index (χ2v) is 7.72. The lowest BCUT2D eigenvalue weighted by molar-refractivity contribution is 0.588. The van der Waals surface area contributed by atoms with Crippen LogP contribution in [0, 0.1) is 0 Å². The SMILES string of the molecule is CNS(=O)(=O)c1ccc(NCc2sccc2Br)cc1N. The number of hydrogen-bond acceptors (Lipinski definition) is 5. The molecule has 0 bridgehead atoms. The first-order valence-electron chi connectivity index (χ1n) is 5.73. The predicted molar refractivity (Wildman–Crippen MR) is 86.4 cm³/mol. The molecule has 108 valence electrons. The summed E-state index contributed by atoms with van der Waals surface area (Å²) in [6, 6.07) is 6.79. The Morgan fingerprint density at radius 3 is 2.65 bits per heavy atom. The molecule has 0 unspecified atom stereocenters. The average Bonchev–Trinajstić information content (AvgIpc) is 2.81. The van der Waals surface area contributed by atoms with E-state index in [1.165, 1.54) is 13.1 Å². The second-order valence-electron chi connectivity index (χ2n) is 4.01. The Morgan fingerprint density at radius 2 is 2.10 bits per heavy atom. The van der Waals surface area contributed by atoms with Crippen LogP contribution < -0.4 is 15.8 Å². The summed E-state index contributed by atoms with van der Waals surface area (Å²) < 4.78 is 26.7. The van der Waals surface area contributed by atoms with E-state index in [9.17, 15) is 8.42 Å². The first-order chi connectivity index (χ1) is 9.44. The molecule has 0 atom stereocenters. The topological polar surface area (TPSA) is 84.2 Å². The minimum atomic E-state index is -3.52. The second kappa shape index (κ2) is 6.13. The predicted octanol–water partition coefficient (Wildman–Crippen LogP) is 2.61. The third kappa shape index (κ3) is 3.32. The number of benzene rings is 1. The van der Waals surface area contributed by atoms with Gasteiger partial charge in [-0.25, -0.2) is 13.1 Å². The van der Waals surface area contributed by atoms with Gasteiger partial charge in [-0.2, -0.15) is 0 Å². The standard InChI is InChI=1S/C12H14BrN3O2S2/c1-15-20(17,18)12-3-2-8(6-10(12)14)16-7-11-9(13)4-5-19-11/h2-6,15-16H,7,14H2,1H3. The maximum absolute atomic E-state index is 11.7.